The quantitative estimate of drug-likeness (QED) is 0.101. The average Bonchev–Trinajstić information content (AvgIpc) is 1.74. The number of hydrogen-bond acceptors (Lipinski definition) is 3. The van der Waals surface area contributed by atoms with Gasteiger partial charge in [-0.2, -0.15) is 0 Å². The van der Waals surface area contributed by atoms with Gasteiger partial charge in [0, 0.05) is 62.0 Å². The van der Waals surface area contributed by atoms with Crippen LogP contribution < -0.4 is 9.47 Å². The van der Waals surface area contributed by atoms with E-state index in [1.165, 1.54) is 0 Å². The third-order valence-corrected chi connectivity index (χ3v) is 17.1. The van der Waals surface area contributed by atoms with E-state index in [1.54, 1.807) is 22.8 Å². The van der Waals surface area contributed by atoms with Crippen LogP contribution >= 0.6 is 0 Å². The molecule has 0 aliphatic rings. The van der Waals surface area contributed by atoms with E-state index < -0.39 is 60.4 Å². The number of para-hydroxylation sites is 8. The second kappa shape index (κ2) is 20.5. The summed E-state index contributed by atoms with van der Waals surface area (Å²) in [6.07, 6.45) is 5.51. The van der Waals surface area contributed by atoms with Gasteiger partial charge in [0.15, 0.2) is 0 Å². The molecule has 0 N–H and O–H groups in total. The summed E-state index contributed by atoms with van der Waals surface area (Å²) >= 11 is 0. The molecule has 0 spiro atoms. The Morgan fingerprint density at radius 3 is 1.48 bits per heavy atom. The SMILES string of the molecule is [2H]c1c([2H])c([2H])c(-c2cccc(-c3c([2H])c([2H])c([2H])c([2H])c3[2H])c2-[n+]2[c-]n(-c3cccc(N(c4ccc5c6ccccc6n(-c6cc(C(C)(C)C)ccn6)c5c4)c4cc(-n5c6ccccc6c6ccccc65)cc(-n5c6ccccc6c6ccccc65)n4)c3)c3ccccc32)c([2H])c1[2H]. The third kappa shape index (κ3) is 8.47. The predicted octanol–water partition coefficient (Wildman–Crippen LogP) is 19.9. The topological polar surface area (TPSA) is 52.6 Å². The maximum atomic E-state index is 9.33. The maximum Gasteiger partial charge on any atom is 0.269 e. The first-order valence-corrected chi connectivity index (χ1v) is 29.6. The molecule has 17 rings (SSSR count). The summed E-state index contributed by atoms with van der Waals surface area (Å²) in [6, 6.07) is 72.4. The number of aromatic nitrogens is 7. The van der Waals surface area contributed by atoms with E-state index in [-0.39, 0.29) is 33.4 Å². The highest BCUT2D eigenvalue weighted by molar-refractivity contribution is 6.12. The fourth-order valence-corrected chi connectivity index (χ4v) is 13.1. The van der Waals surface area contributed by atoms with Gasteiger partial charge in [-0.15, -0.1) is 0 Å². The molecular formula is C81H58N8. The molecule has 0 atom stereocenters. The molecule has 8 nitrogen and oxygen atoms in total. The zero-order valence-electron chi connectivity index (χ0n) is 58.6. The number of rotatable bonds is 10. The van der Waals surface area contributed by atoms with Gasteiger partial charge in [-0.3, -0.25) is 23.2 Å². The van der Waals surface area contributed by atoms with Crippen LogP contribution in [-0.2, 0) is 5.41 Å². The zero-order chi connectivity index (χ0) is 68.0. The van der Waals surface area contributed by atoms with Crippen LogP contribution in [0.2, 0.25) is 0 Å². The molecule has 0 saturated heterocycles. The molecule has 0 radical (unpaired) electrons. The fraction of sp³-hybridized carbons (Fsp3) is 0.0494. The van der Waals surface area contributed by atoms with E-state index in [4.69, 9.17) is 18.2 Å². The van der Waals surface area contributed by atoms with Crippen molar-refractivity contribution in [3.63, 3.8) is 0 Å². The van der Waals surface area contributed by atoms with Gasteiger partial charge >= 0.3 is 0 Å². The minimum atomic E-state index is -0.580. The van der Waals surface area contributed by atoms with Crippen LogP contribution in [0, 0.1) is 6.33 Å². The van der Waals surface area contributed by atoms with Crippen LogP contribution in [0.5, 0.6) is 0 Å². The van der Waals surface area contributed by atoms with E-state index >= 15 is 0 Å². The zero-order valence-corrected chi connectivity index (χ0v) is 48.6. The normalized spacial score (nSPS) is 13.6. The molecule has 0 aliphatic heterocycles. The standard InChI is InChI=1S/C81H58N8/c1-81(2,3)56-46-47-82-77(48-56)89-73-41-19-14-34-67(73)68-45-44-59(50-76(68)89)86(58-29-22-28-57(49-58)84-53-85(75-43-21-20-42-74(75)84)80-61(54-24-6-4-7-25-54)35-23-36-62(80)55-26-8-5-9-27-55)78-51-60(87-69-37-15-10-30-63(69)64-31-11-16-38-70(64)87)52-79(83-78)88-71-39-17-12-32-65(71)66-33-13-18-40-72(66)88/h4-52H,1-3H3/i4D,5D,6D,7D,8D,9D,24D,25D,26D,27D. The van der Waals surface area contributed by atoms with Gasteiger partial charge in [-0.05, 0) is 106 Å². The molecule has 0 aliphatic carbocycles. The first kappa shape index (κ1) is 42.2. The summed E-state index contributed by atoms with van der Waals surface area (Å²) in [6.45, 7) is 6.61. The Kier molecular flexibility index (Phi) is 9.75. The molecule has 0 saturated carbocycles. The monoisotopic (exact) mass is 1150 g/mol. The summed E-state index contributed by atoms with van der Waals surface area (Å²) < 4.78 is 100. The number of benzene rings is 11. The lowest BCUT2D eigenvalue weighted by Gasteiger charge is -2.27. The van der Waals surface area contributed by atoms with Crippen molar-refractivity contribution < 1.29 is 18.3 Å². The fourth-order valence-electron chi connectivity index (χ4n) is 13.1. The molecule has 0 bridgehead atoms. The molecule has 11 aromatic carbocycles. The van der Waals surface area contributed by atoms with Crippen molar-refractivity contribution in [1.82, 2.24) is 28.2 Å². The number of pyridine rings is 2. The smallest absolute Gasteiger partial charge is 0.269 e. The summed E-state index contributed by atoms with van der Waals surface area (Å²) in [5.74, 6) is 2.01. The first-order chi connectivity index (χ1) is 47.9. The van der Waals surface area contributed by atoms with Gasteiger partial charge in [0.1, 0.15) is 17.5 Å². The second-order valence-corrected chi connectivity index (χ2v) is 23.3. The van der Waals surface area contributed by atoms with Crippen molar-refractivity contribution in [3.8, 4) is 51.0 Å². The number of imidazole rings is 1. The van der Waals surface area contributed by atoms with Crippen LogP contribution in [0.3, 0.4) is 0 Å². The molecule has 422 valence electrons. The molecule has 0 amide bonds. The van der Waals surface area contributed by atoms with Crippen LogP contribution in [-0.4, -0.2) is 28.2 Å². The van der Waals surface area contributed by atoms with E-state index in [0.717, 1.165) is 88.2 Å². The largest absolute Gasteiger partial charge is 0.309 e. The summed E-state index contributed by atoms with van der Waals surface area (Å²) in [5, 5.41) is 6.43. The Morgan fingerprint density at radius 2 is 0.910 bits per heavy atom. The van der Waals surface area contributed by atoms with Gasteiger partial charge in [-0.25, -0.2) is 9.97 Å². The van der Waals surface area contributed by atoms with Crippen molar-refractivity contribution in [2.24, 2.45) is 0 Å². The Morgan fingerprint density at radius 1 is 0.416 bits per heavy atom. The Bertz CT molecular complexity index is 5890. The molecule has 17 aromatic rings. The first-order valence-electron chi connectivity index (χ1n) is 34.6. The molecule has 6 heterocycles. The minimum Gasteiger partial charge on any atom is -0.309 e. The van der Waals surface area contributed by atoms with E-state index in [0.29, 0.717) is 34.0 Å². The highest BCUT2D eigenvalue weighted by Crippen LogP contribution is 2.44. The van der Waals surface area contributed by atoms with Crippen molar-refractivity contribution in [1.29, 1.82) is 0 Å². The van der Waals surface area contributed by atoms with Crippen LogP contribution in [0.25, 0.3) is 127 Å². The van der Waals surface area contributed by atoms with E-state index in [1.807, 2.05) is 47.2 Å². The van der Waals surface area contributed by atoms with Gasteiger partial charge < -0.3 is 4.57 Å². The van der Waals surface area contributed by atoms with Crippen LogP contribution in [0.1, 0.15) is 40.0 Å². The summed E-state index contributed by atoms with van der Waals surface area (Å²) in [4.78, 5) is 13.1. The Balaban J connectivity index is 0.961. The minimum absolute atomic E-state index is 0.141. The molecule has 89 heavy (non-hydrogen) atoms. The van der Waals surface area contributed by atoms with Crippen molar-refractivity contribution in [2.45, 2.75) is 26.2 Å². The highest BCUT2D eigenvalue weighted by Gasteiger charge is 2.26. The van der Waals surface area contributed by atoms with Gasteiger partial charge in [-0.1, -0.05) is 227 Å². The van der Waals surface area contributed by atoms with E-state index in [2.05, 4.69) is 222 Å². The van der Waals surface area contributed by atoms with Gasteiger partial charge in [0.05, 0.1) is 74.9 Å². The lowest BCUT2D eigenvalue weighted by atomic mass is 9.88. The van der Waals surface area contributed by atoms with Crippen LogP contribution in [0.15, 0.2) is 297 Å². The number of hydrogen-bond donors (Lipinski definition) is 0. The second-order valence-electron chi connectivity index (χ2n) is 23.3. The Hall–Kier alpha value is -11.6. The average molecular weight is 1150 g/mol. The van der Waals surface area contributed by atoms with Crippen molar-refractivity contribution >= 4 is 93.6 Å². The number of nitrogens with zero attached hydrogens (tertiary/aromatic N) is 8. The van der Waals surface area contributed by atoms with Gasteiger partial charge in [0.25, 0.3) is 6.33 Å². The molecular weight excluding hydrogens is 1080 g/mol. The molecule has 0 unspecified atom stereocenters. The Labute approximate surface area is 529 Å². The molecule has 8 heteroatoms. The predicted molar refractivity (Wildman–Crippen MR) is 367 cm³/mol. The lowest BCUT2D eigenvalue weighted by Crippen LogP contribution is -2.31. The van der Waals surface area contributed by atoms with Crippen molar-refractivity contribution in [2.75, 3.05) is 4.90 Å². The summed E-state index contributed by atoms with van der Waals surface area (Å²) in [5.41, 5.74) is 11.1. The molecule has 6 aromatic heterocycles. The lowest BCUT2D eigenvalue weighted by molar-refractivity contribution is -0.571. The van der Waals surface area contributed by atoms with Gasteiger partial charge in [0.2, 0.25) is 0 Å². The highest BCUT2D eigenvalue weighted by atomic mass is 15.2. The molecule has 0 fully saturated rings. The van der Waals surface area contributed by atoms with E-state index in [9.17, 15) is 5.48 Å². The van der Waals surface area contributed by atoms with Crippen molar-refractivity contribution in [3.05, 3.63) is 309 Å². The number of fused-ring (bicyclic) bond motifs is 10. The maximum absolute atomic E-state index is 9.33. The summed E-state index contributed by atoms with van der Waals surface area (Å²) in [7, 11) is 0. The third-order valence-electron chi connectivity index (χ3n) is 17.1. The number of anilines is 3. The van der Waals surface area contributed by atoms with Crippen LogP contribution in [0.4, 0.5) is 17.2 Å².